The maximum absolute atomic E-state index is 12.1. The monoisotopic (exact) mass is 303 g/mol. The second kappa shape index (κ2) is 7.75. The molecule has 0 radical (unpaired) electrons. The van der Waals surface area contributed by atoms with Gasteiger partial charge in [0.05, 0.1) is 0 Å². The number of benzene rings is 1. The summed E-state index contributed by atoms with van der Waals surface area (Å²) in [6.45, 7) is 9.03. The molecular formula is C18H29N3O. The summed E-state index contributed by atoms with van der Waals surface area (Å²) < 4.78 is 0. The molecule has 0 aliphatic carbocycles. The Morgan fingerprint density at radius 2 is 2.00 bits per heavy atom. The standard InChI is InChI=1S/C18H29N3O/c1-13(14(2)19)18(22)20-15(3)17-9-10-21(12-17)11-16-7-5-4-6-8-16/h4-8,13-15,17H,9-12,19H2,1-3H3,(H,20,22). The minimum absolute atomic E-state index is 0.0732. The van der Waals surface area contributed by atoms with Crippen molar-refractivity contribution >= 4 is 5.91 Å². The lowest BCUT2D eigenvalue weighted by atomic mass is 9.98. The number of nitrogens with two attached hydrogens (primary N) is 1. The van der Waals surface area contributed by atoms with Crippen molar-refractivity contribution in [3.05, 3.63) is 35.9 Å². The van der Waals surface area contributed by atoms with Gasteiger partial charge < -0.3 is 11.1 Å². The van der Waals surface area contributed by atoms with Gasteiger partial charge in [-0.1, -0.05) is 37.3 Å². The van der Waals surface area contributed by atoms with Crippen LogP contribution in [0.15, 0.2) is 30.3 Å². The summed E-state index contributed by atoms with van der Waals surface area (Å²) in [6, 6.07) is 10.7. The van der Waals surface area contributed by atoms with E-state index in [-0.39, 0.29) is 23.9 Å². The Hall–Kier alpha value is -1.39. The van der Waals surface area contributed by atoms with E-state index in [0.29, 0.717) is 5.92 Å². The molecule has 1 aliphatic rings. The summed E-state index contributed by atoms with van der Waals surface area (Å²) in [6.07, 6.45) is 1.14. The summed E-state index contributed by atoms with van der Waals surface area (Å²) in [4.78, 5) is 14.6. The van der Waals surface area contributed by atoms with Crippen LogP contribution in [0.1, 0.15) is 32.8 Å². The highest BCUT2D eigenvalue weighted by Crippen LogP contribution is 2.22. The molecule has 1 heterocycles. The molecule has 4 nitrogen and oxygen atoms in total. The first-order chi connectivity index (χ1) is 10.5. The van der Waals surface area contributed by atoms with Gasteiger partial charge in [0.2, 0.25) is 5.91 Å². The van der Waals surface area contributed by atoms with Crippen LogP contribution < -0.4 is 11.1 Å². The molecule has 22 heavy (non-hydrogen) atoms. The first-order valence-corrected chi connectivity index (χ1v) is 8.29. The van der Waals surface area contributed by atoms with Gasteiger partial charge in [-0.25, -0.2) is 0 Å². The molecule has 0 aromatic heterocycles. The molecule has 0 bridgehead atoms. The summed E-state index contributed by atoms with van der Waals surface area (Å²) in [5, 5.41) is 3.14. The zero-order valence-electron chi connectivity index (χ0n) is 14.0. The molecule has 122 valence electrons. The number of carbonyl (C=O) groups excluding carboxylic acids is 1. The fourth-order valence-electron chi connectivity index (χ4n) is 2.97. The van der Waals surface area contributed by atoms with E-state index >= 15 is 0 Å². The predicted molar refractivity (Wildman–Crippen MR) is 90.2 cm³/mol. The zero-order chi connectivity index (χ0) is 16.1. The molecule has 4 heteroatoms. The maximum Gasteiger partial charge on any atom is 0.224 e. The highest BCUT2D eigenvalue weighted by Gasteiger charge is 2.29. The molecule has 3 N–H and O–H groups in total. The lowest BCUT2D eigenvalue weighted by Gasteiger charge is -2.24. The van der Waals surface area contributed by atoms with E-state index < -0.39 is 0 Å². The Bertz CT molecular complexity index is 474. The third kappa shape index (κ3) is 4.55. The van der Waals surface area contributed by atoms with Crippen molar-refractivity contribution in [1.29, 1.82) is 0 Å². The minimum atomic E-state index is -0.135. The molecule has 2 rings (SSSR count). The van der Waals surface area contributed by atoms with Crippen molar-refractivity contribution in [1.82, 2.24) is 10.2 Å². The summed E-state index contributed by atoms with van der Waals surface area (Å²) in [5.41, 5.74) is 7.16. The molecule has 0 saturated carbocycles. The van der Waals surface area contributed by atoms with Crippen molar-refractivity contribution in [3.8, 4) is 0 Å². The number of amides is 1. The summed E-state index contributed by atoms with van der Waals surface area (Å²) in [5.74, 6) is 0.459. The predicted octanol–water partition coefficient (Wildman–Crippen LogP) is 2.00. The first kappa shape index (κ1) is 17.0. The lowest BCUT2D eigenvalue weighted by Crippen LogP contribution is -2.45. The fourth-order valence-corrected chi connectivity index (χ4v) is 2.97. The molecule has 4 atom stereocenters. The molecule has 1 aromatic rings. The number of likely N-dealkylation sites (tertiary alicyclic amines) is 1. The van der Waals surface area contributed by atoms with Crippen molar-refractivity contribution in [2.75, 3.05) is 13.1 Å². The quantitative estimate of drug-likeness (QED) is 0.845. The van der Waals surface area contributed by atoms with Gasteiger partial charge >= 0.3 is 0 Å². The normalized spacial score (nSPS) is 23.0. The number of carbonyl (C=O) groups is 1. The Labute approximate surface area is 134 Å². The molecule has 4 unspecified atom stereocenters. The molecule has 0 spiro atoms. The zero-order valence-corrected chi connectivity index (χ0v) is 14.0. The van der Waals surface area contributed by atoms with Gasteiger partial charge in [-0.05, 0) is 38.3 Å². The van der Waals surface area contributed by atoms with Gasteiger partial charge in [-0.3, -0.25) is 9.69 Å². The smallest absolute Gasteiger partial charge is 0.224 e. The van der Waals surface area contributed by atoms with Crippen molar-refractivity contribution in [2.24, 2.45) is 17.6 Å². The second-order valence-corrected chi connectivity index (χ2v) is 6.71. The Morgan fingerprint density at radius 1 is 1.32 bits per heavy atom. The Morgan fingerprint density at radius 3 is 2.64 bits per heavy atom. The first-order valence-electron chi connectivity index (χ1n) is 8.29. The van der Waals surface area contributed by atoms with Gasteiger partial charge in [0.15, 0.2) is 0 Å². The van der Waals surface area contributed by atoms with Gasteiger partial charge in [0.1, 0.15) is 0 Å². The van der Waals surface area contributed by atoms with Crippen LogP contribution in [0.25, 0.3) is 0 Å². The van der Waals surface area contributed by atoms with Crippen molar-refractivity contribution in [2.45, 2.75) is 45.8 Å². The number of hydrogen-bond donors (Lipinski definition) is 2. The fraction of sp³-hybridized carbons (Fsp3) is 0.611. The highest BCUT2D eigenvalue weighted by atomic mass is 16.1. The van der Waals surface area contributed by atoms with E-state index in [1.807, 2.05) is 19.9 Å². The third-order valence-corrected chi connectivity index (χ3v) is 4.84. The van der Waals surface area contributed by atoms with Crippen LogP contribution in [0.4, 0.5) is 0 Å². The van der Waals surface area contributed by atoms with E-state index in [9.17, 15) is 4.79 Å². The van der Waals surface area contributed by atoms with Crippen LogP contribution in [0.5, 0.6) is 0 Å². The summed E-state index contributed by atoms with van der Waals surface area (Å²) >= 11 is 0. The molecule has 1 fully saturated rings. The van der Waals surface area contributed by atoms with Gasteiger partial charge in [0.25, 0.3) is 0 Å². The average Bonchev–Trinajstić information content (AvgIpc) is 2.96. The number of hydrogen-bond acceptors (Lipinski definition) is 3. The molecule has 1 saturated heterocycles. The SMILES string of the molecule is CC(N)C(C)C(=O)NC(C)C1CCN(Cc2ccccc2)C1. The van der Waals surface area contributed by atoms with Crippen molar-refractivity contribution in [3.63, 3.8) is 0 Å². The molecular weight excluding hydrogens is 274 g/mol. The van der Waals surface area contributed by atoms with Gasteiger partial charge in [0, 0.05) is 31.1 Å². The second-order valence-electron chi connectivity index (χ2n) is 6.71. The Kier molecular flexibility index (Phi) is 5.98. The van der Waals surface area contributed by atoms with Crippen LogP contribution in [0.2, 0.25) is 0 Å². The molecule has 1 aliphatic heterocycles. The topological polar surface area (TPSA) is 58.4 Å². The third-order valence-electron chi connectivity index (χ3n) is 4.84. The number of rotatable bonds is 6. The largest absolute Gasteiger partial charge is 0.353 e. The lowest BCUT2D eigenvalue weighted by molar-refractivity contribution is -0.125. The van der Waals surface area contributed by atoms with E-state index in [2.05, 4.69) is 41.4 Å². The van der Waals surface area contributed by atoms with E-state index in [1.165, 1.54) is 5.56 Å². The molecule has 1 aromatic carbocycles. The van der Waals surface area contributed by atoms with Gasteiger partial charge in [-0.15, -0.1) is 0 Å². The average molecular weight is 303 g/mol. The van der Waals surface area contributed by atoms with Crippen LogP contribution in [0, 0.1) is 11.8 Å². The van der Waals surface area contributed by atoms with E-state index in [0.717, 1.165) is 26.1 Å². The van der Waals surface area contributed by atoms with Gasteiger partial charge in [-0.2, -0.15) is 0 Å². The van der Waals surface area contributed by atoms with E-state index in [1.54, 1.807) is 0 Å². The molecule has 1 amide bonds. The number of nitrogens with zero attached hydrogens (tertiary/aromatic N) is 1. The van der Waals surface area contributed by atoms with Crippen molar-refractivity contribution < 1.29 is 4.79 Å². The van der Waals surface area contributed by atoms with Crippen LogP contribution in [-0.2, 0) is 11.3 Å². The maximum atomic E-state index is 12.1. The van der Waals surface area contributed by atoms with E-state index in [4.69, 9.17) is 5.73 Å². The van der Waals surface area contributed by atoms with Crippen LogP contribution in [-0.4, -0.2) is 36.0 Å². The minimum Gasteiger partial charge on any atom is -0.353 e. The number of nitrogens with one attached hydrogen (secondary N) is 1. The van der Waals surface area contributed by atoms with Crippen LogP contribution in [0.3, 0.4) is 0 Å². The van der Waals surface area contributed by atoms with Crippen LogP contribution >= 0.6 is 0 Å². The highest BCUT2D eigenvalue weighted by molar-refractivity contribution is 5.79. The Balaban J connectivity index is 1.81. The summed E-state index contributed by atoms with van der Waals surface area (Å²) in [7, 11) is 0.